The number of halogens is 2. The lowest BCUT2D eigenvalue weighted by atomic mass is 9.86. The Labute approximate surface area is 117 Å². The van der Waals surface area contributed by atoms with E-state index in [-0.39, 0.29) is 17.0 Å². The molecule has 0 heterocycles. The highest BCUT2D eigenvalue weighted by Gasteiger charge is 2.24. The number of hydrogen-bond acceptors (Lipinski definition) is 2. The van der Waals surface area contributed by atoms with Gasteiger partial charge in [0, 0.05) is 18.5 Å². The monoisotopic (exact) mass is 283 g/mol. The maximum absolute atomic E-state index is 13.6. The summed E-state index contributed by atoms with van der Waals surface area (Å²) < 4.78 is 26.7. The lowest BCUT2D eigenvalue weighted by Crippen LogP contribution is -2.37. The van der Waals surface area contributed by atoms with Crippen LogP contribution >= 0.6 is 0 Å². The largest absolute Gasteiger partial charge is 0.393 e. The van der Waals surface area contributed by atoms with Crippen molar-refractivity contribution >= 4 is 5.91 Å². The van der Waals surface area contributed by atoms with Gasteiger partial charge in [0.15, 0.2) is 0 Å². The number of aliphatic hydroxyl groups excluding tert-OH is 1. The predicted octanol–water partition coefficient (Wildman–Crippen LogP) is 2.55. The van der Waals surface area contributed by atoms with Gasteiger partial charge in [-0.1, -0.05) is 12.8 Å². The van der Waals surface area contributed by atoms with Gasteiger partial charge in [0.1, 0.15) is 11.6 Å². The summed E-state index contributed by atoms with van der Waals surface area (Å²) in [5.41, 5.74) is 0.0726. The summed E-state index contributed by atoms with van der Waals surface area (Å²) in [5, 5.41) is 12.4. The molecule has 20 heavy (non-hydrogen) atoms. The van der Waals surface area contributed by atoms with Crippen molar-refractivity contribution in [3.63, 3.8) is 0 Å². The van der Waals surface area contributed by atoms with Crippen LogP contribution in [0.5, 0.6) is 0 Å². The first-order chi connectivity index (χ1) is 9.49. The molecule has 1 saturated carbocycles. The van der Waals surface area contributed by atoms with Crippen molar-refractivity contribution in [2.75, 3.05) is 6.54 Å². The Morgan fingerprint density at radius 2 is 2.00 bits per heavy atom. The Balaban J connectivity index is 2.00. The van der Waals surface area contributed by atoms with Crippen molar-refractivity contribution in [1.29, 1.82) is 0 Å². The first-order valence-electron chi connectivity index (χ1n) is 6.91. The van der Waals surface area contributed by atoms with Crippen LogP contribution in [0.2, 0.25) is 0 Å². The average molecular weight is 283 g/mol. The van der Waals surface area contributed by atoms with E-state index in [0.717, 1.165) is 31.7 Å². The number of hydrogen-bond donors (Lipinski definition) is 2. The van der Waals surface area contributed by atoms with E-state index in [9.17, 15) is 18.7 Å². The molecule has 110 valence electrons. The fourth-order valence-electron chi connectivity index (χ4n) is 2.58. The molecule has 1 aliphatic rings. The molecule has 1 aromatic carbocycles. The molecule has 0 bridgehead atoms. The van der Waals surface area contributed by atoms with Gasteiger partial charge in [0.25, 0.3) is 5.91 Å². The van der Waals surface area contributed by atoms with Crippen LogP contribution in [0.15, 0.2) is 12.1 Å². The van der Waals surface area contributed by atoms with Gasteiger partial charge < -0.3 is 10.4 Å². The van der Waals surface area contributed by atoms with Gasteiger partial charge in [-0.25, -0.2) is 8.78 Å². The van der Waals surface area contributed by atoms with E-state index >= 15 is 0 Å². The molecule has 0 radical (unpaired) electrons. The van der Waals surface area contributed by atoms with Gasteiger partial charge in [-0.05, 0) is 31.4 Å². The van der Waals surface area contributed by atoms with Gasteiger partial charge >= 0.3 is 0 Å². The number of benzene rings is 1. The molecule has 3 nitrogen and oxygen atoms in total. The maximum Gasteiger partial charge on any atom is 0.254 e. The molecular weight excluding hydrogens is 264 g/mol. The van der Waals surface area contributed by atoms with E-state index in [2.05, 4.69) is 5.32 Å². The predicted molar refractivity (Wildman–Crippen MR) is 71.4 cm³/mol. The van der Waals surface area contributed by atoms with Crippen molar-refractivity contribution in [2.24, 2.45) is 5.92 Å². The Morgan fingerprint density at radius 1 is 1.30 bits per heavy atom. The number of carbonyl (C=O) groups excluding carboxylic acids is 1. The zero-order valence-electron chi connectivity index (χ0n) is 11.5. The standard InChI is InChI=1S/C15H19F2NO2/c1-9-6-11(13(17)7-12(9)16)15(20)18-8-10-4-2-3-5-14(10)19/h6-7,10,14,19H,2-5,8H2,1H3,(H,18,20). The Morgan fingerprint density at radius 3 is 2.70 bits per heavy atom. The Hall–Kier alpha value is -1.49. The van der Waals surface area contributed by atoms with Gasteiger partial charge in [-0.15, -0.1) is 0 Å². The van der Waals surface area contributed by atoms with Gasteiger partial charge in [0.05, 0.1) is 11.7 Å². The second-order valence-corrected chi connectivity index (χ2v) is 5.40. The number of amides is 1. The van der Waals surface area contributed by atoms with Crippen LogP contribution in [0.3, 0.4) is 0 Å². The third kappa shape index (κ3) is 3.33. The maximum atomic E-state index is 13.6. The normalized spacial score (nSPS) is 22.6. The van der Waals surface area contributed by atoms with E-state index < -0.39 is 23.6 Å². The van der Waals surface area contributed by atoms with Crippen molar-refractivity contribution < 1.29 is 18.7 Å². The van der Waals surface area contributed by atoms with Crippen molar-refractivity contribution in [3.05, 3.63) is 34.9 Å². The molecule has 1 amide bonds. The van der Waals surface area contributed by atoms with Crippen LogP contribution in [0.1, 0.15) is 41.6 Å². The summed E-state index contributed by atoms with van der Waals surface area (Å²) in [5.74, 6) is -2.09. The molecule has 2 N–H and O–H groups in total. The van der Waals surface area contributed by atoms with Crippen LogP contribution in [0.25, 0.3) is 0 Å². The molecule has 2 atom stereocenters. The zero-order chi connectivity index (χ0) is 14.7. The van der Waals surface area contributed by atoms with Gasteiger partial charge in [-0.2, -0.15) is 0 Å². The van der Waals surface area contributed by atoms with Crippen LogP contribution < -0.4 is 5.32 Å². The highest BCUT2D eigenvalue weighted by atomic mass is 19.1. The lowest BCUT2D eigenvalue weighted by molar-refractivity contribution is 0.0662. The number of nitrogens with one attached hydrogen (secondary N) is 1. The highest BCUT2D eigenvalue weighted by molar-refractivity contribution is 5.94. The minimum Gasteiger partial charge on any atom is -0.393 e. The molecule has 0 aliphatic heterocycles. The number of rotatable bonds is 3. The first kappa shape index (κ1) is 14.9. The quantitative estimate of drug-likeness (QED) is 0.895. The summed E-state index contributed by atoms with van der Waals surface area (Å²) in [6.07, 6.45) is 3.21. The number of aliphatic hydroxyl groups is 1. The third-order valence-corrected chi connectivity index (χ3v) is 3.89. The minimum atomic E-state index is -0.866. The van der Waals surface area contributed by atoms with Crippen molar-refractivity contribution in [1.82, 2.24) is 5.32 Å². The van der Waals surface area contributed by atoms with E-state index in [4.69, 9.17) is 0 Å². The second-order valence-electron chi connectivity index (χ2n) is 5.40. The molecule has 0 spiro atoms. The molecule has 1 aromatic rings. The zero-order valence-corrected chi connectivity index (χ0v) is 11.5. The first-order valence-corrected chi connectivity index (χ1v) is 6.91. The Kier molecular flexibility index (Phi) is 4.70. The molecular formula is C15H19F2NO2. The average Bonchev–Trinajstić information content (AvgIpc) is 2.41. The second kappa shape index (κ2) is 6.31. The molecule has 0 aromatic heterocycles. The summed E-state index contributed by atoms with van der Waals surface area (Å²) in [6.45, 7) is 1.80. The van der Waals surface area contributed by atoms with E-state index in [1.54, 1.807) is 0 Å². The molecule has 0 saturated heterocycles. The molecule has 1 aliphatic carbocycles. The molecule has 1 fully saturated rings. The van der Waals surface area contributed by atoms with Crippen molar-refractivity contribution in [3.8, 4) is 0 Å². The fraction of sp³-hybridized carbons (Fsp3) is 0.533. The van der Waals surface area contributed by atoms with Crippen LogP contribution in [0, 0.1) is 24.5 Å². The van der Waals surface area contributed by atoms with E-state index in [1.807, 2.05) is 0 Å². The van der Waals surface area contributed by atoms with Crippen LogP contribution in [-0.4, -0.2) is 23.7 Å². The van der Waals surface area contributed by atoms with Gasteiger partial charge in [-0.3, -0.25) is 4.79 Å². The van der Waals surface area contributed by atoms with Crippen LogP contribution in [0.4, 0.5) is 8.78 Å². The fourth-order valence-corrected chi connectivity index (χ4v) is 2.58. The third-order valence-electron chi connectivity index (χ3n) is 3.89. The SMILES string of the molecule is Cc1cc(C(=O)NCC2CCCCC2O)c(F)cc1F. The topological polar surface area (TPSA) is 49.3 Å². The molecule has 2 unspecified atom stereocenters. The smallest absolute Gasteiger partial charge is 0.254 e. The summed E-state index contributed by atoms with van der Waals surface area (Å²) in [7, 11) is 0. The minimum absolute atomic E-state index is 0.0114. The van der Waals surface area contributed by atoms with E-state index in [0.29, 0.717) is 6.54 Å². The summed E-state index contributed by atoms with van der Waals surface area (Å²) in [6, 6.07) is 1.93. The number of carbonyl (C=O) groups is 1. The van der Waals surface area contributed by atoms with Gasteiger partial charge in [0.2, 0.25) is 0 Å². The van der Waals surface area contributed by atoms with Crippen LogP contribution in [-0.2, 0) is 0 Å². The summed E-state index contributed by atoms with van der Waals surface area (Å²) in [4.78, 5) is 11.9. The highest BCUT2D eigenvalue weighted by Crippen LogP contribution is 2.23. The molecule has 2 rings (SSSR count). The molecule has 5 heteroatoms. The summed E-state index contributed by atoms with van der Waals surface area (Å²) >= 11 is 0. The number of aryl methyl sites for hydroxylation is 1. The Bertz CT molecular complexity index is 505. The van der Waals surface area contributed by atoms with E-state index in [1.165, 1.54) is 13.0 Å². The van der Waals surface area contributed by atoms with Crippen molar-refractivity contribution in [2.45, 2.75) is 38.7 Å². The lowest BCUT2D eigenvalue weighted by Gasteiger charge is -2.27.